The quantitative estimate of drug-likeness (QED) is 0.0738. The Kier molecular flexibility index (Phi) is 17.7. The maximum absolute atomic E-state index is 13.1. The van der Waals surface area contributed by atoms with Gasteiger partial charge < -0.3 is 31.1 Å². The fraction of sp³-hybridized carbons (Fsp3) is 0.440. The first-order valence-corrected chi connectivity index (χ1v) is 23.7. The van der Waals surface area contributed by atoms with E-state index >= 15 is 0 Å². The van der Waals surface area contributed by atoms with Gasteiger partial charge in [0.25, 0.3) is 0 Å². The number of urea groups is 2. The molecule has 3 atom stereocenters. The van der Waals surface area contributed by atoms with Crippen molar-refractivity contribution in [2.24, 2.45) is 31.8 Å². The average Bonchev–Trinajstić information content (AvgIpc) is 3.99. The lowest BCUT2D eigenvalue weighted by atomic mass is 9.87. The van der Waals surface area contributed by atoms with Gasteiger partial charge in [-0.3, -0.25) is 0 Å². The van der Waals surface area contributed by atoms with Gasteiger partial charge in [-0.15, -0.1) is 10.2 Å². The zero-order chi connectivity index (χ0) is 47.8. The van der Waals surface area contributed by atoms with Crippen molar-refractivity contribution in [1.82, 2.24) is 60.8 Å². The molecule has 68 heavy (non-hydrogen) atoms. The number of aromatic nitrogens is 8. The van der Waals surface area contributed by atoms with Crippen LogP contribution in [0.25, 0.3) is 22.8 Å². The van der Waals surface area contributed by atoms with Crippen molar-refractivity contribution < 1.29 is 24.1 Å². The topological polar surface area (TPSA) is 176 Å². The highest BCUT2D eigenvalue weighted by Crippen LogP contribution is 2.26. The Bertz CT molecular complexity index is 2550. The van der Waals surface area contributed by atoms with E-state index in [1.807, 2.05) is 66.7 Å². The summed E-state index contributed by atoms with van der Waals surface area (Å²) in [7, 11) is 3.57. The molecule has 0 unspecified atom stereocenters. The van der Waals surface area contributed by atoms with E-state index in [1.165, 1.54) is 29.8 Å². The average molecular weight is 939 g/mol. The van der Waals surface area contributed by atoms with Crippen LogP contribution in [0, 0.1) is 29.4 Å². The van der Waals surface area contributed by atoms with Crippen LogP contribution in [-0.2, 0) is 33.4 Å². The maximum atomic E-state index is 13.1. The zero-order valence-electron chi connectivity index (χ0n) is 39.5. The number of nitrogens with zero attached hydrogens (tertiary/aromatic N) is 10. The lowest BCUT2D eigenvalue weighted by molar-refractivity contribution is 0.129. The highest BCUT2D eigenvalue weighted by atomic mass is 19.1. The Morgan fingerprint density at radius 2 is 1.29 bits per heavy atom. The van der Waals surface area contributed by atoms with Crippen molar-refractivity contribution in [1.29, 1.82) is 0 Å². The number of halogens is 2. The van der Waals surface area contributed by atoms with Crippen molar-refractivity contribution >= 4 is 23.4 Å². The monoisotopic (exact) mass is 939 g/mol. The van der Waals surface area contributed by atoms with Crippen LogP contribution in [0.15, 0.2) is 91.0 Å². The second-order valence-corrected chi connectivity index (χ2v) is 18.0. The number of hydrogen-bond acceptors (Lipinski definition) is 10. The van der Waals surface area contributed by atoms with Gasteiger partial charge in [-0.2, -0.15) is 0 Å². The maximum Gasteiger partial charge on any atom is 0.319 e. The molecule has 0 saturated carbocycles. The summed E-state index contributed by atoms with van der Waals surface area (Å²) in [6.07, 6.45) is 7.08. The molecule has 2 aromatic heterocycles. The van der Waals surface area contributed by atoms with Crippen LogP contribution in [-0.4, -0.2) is 115 Å². The molecule has 2 fully saturated rings. The summed E-state index contributed by atoms with van der Waals surface area (Å²) in [6, 6.07) is 26.5. The Labute approximate surface area is 403 Å². The molecule has 0 radical (unpaired) electrons. The van der Waals surface area contributed by atoms with E-state index in [4.69, 9.17) is 0 Å². The molecular weight excluding hydrogens is 867 g/mol. The number of tetrazole rings is 2. The van der Waals surface area contributed by atoms with Crippen LogP contribution < -0.4 is 21.3 Å². The second-order valence-electron chi connectivity index (χ2n) is 18.0. The van der Waals surface area contributed by atoms with Crippen LogP contribution in [0.5, 0.6) is 0 Å². The second kappa shape index (κ2) is 24.4. The van der Waals surface area contributed by atoms with Crippen molar-refractivity contribution in [3.8, 4) is 22.8 Å². The third-order valence-electron chi connectivity index (χ3n) is 12.9. The third kappa shape index (κ3) is 14.7. The van der Waals surface area contributed by atoms with Crippen LogP contribution in [0.4, 0.5) is 29.7 Å². The van der Waals surface area contributed by atoms with Gasteiger partial charge in [0.05, 0.1) is 0 Å². The number of rotatable bonds is 16. The lowest BCUT2D eigenvalue weighted by Crippen LogP contribution is -2.45. The molecule has 2 saturated heterocycles. The lowest BCUT2D eigenvalue weighted by Gasteiger charge is -2.37. The van der Waals surface area contributed by atoms with E-state index in [-0.39, 0.29) is 29.4 Å². The highest BCUT2D eigenvalue weighted by molar-refractivity contribution is 5.90. The summed E-state index contributed by atoms with van der Waals surface area (Å²) in [5.41, 5.74) is 6.52. The third-order valence-corrected chi connectivity index (χ3v) is 12.9. The molecule has 0 aliphatic carbocycles. The van der Waals surface area contributed by atoms with Gasteiger partial charge in [0, 0.05) is 75.0 Å². The number of aryl methyl sites for hydroxylation is 4. The molecule has 4 aromatic carbocycles. The van der Waals surface area contributed by atoms with Gasteiger partial charge in [-0.05, 0) is 174 Å². The number of amides is 4. The van der Waals surface area contributed by atoms with E-state index in [1.54, 1.807) is 23.5 Å². The summed E-state index contributed by atoms with van der Waals surface area (Å²) in [4.78, 5) is 30.1. The van der Waals surface area contributed by atoms with Crippen LogP contribution in [0.1, 0.15) is 61.9 Å². The number of likely N-dealkylation sites (tertiary alicyclic amines) is 2. The molecule has 4 heterocycles. The molecule has 4 amide bonds. The Morgan fingerprint density at radius 3 is 1.96 bits per heavy atom. The molecule has 368 valence electrons. The first-order valence-electron chi connectivity index (χ1n) is 23.7. The SMILES string of the molecule is CCc1cc(NC(=O)NC[C@H]2CN(CCc3ccc(F)cc3)CC[C@@H]2C)cc(-c2nnnn2C)c1.Cn1nnnc1-c1cccc(NC(=O)NC[C@H]2CCCN(CCCc3ccc(F)cc3)C2)c1.[HH].[HH].[HH].[HH]. The molecule has 6 aromatic rings. The van der Waals surface area contributed by atoms with E-state index in [2.05, 4.69) is 76.0 Å². The Hall–Kier alpha value is -6.66. The van der Waals surface area contributed by atoms with Crippen molar-refractivity contribution in [3.05, 3.63) is 119 Å². The molecule has 16 nitrogen and oxygen atoms in total. The molecule has 8 rings (SSSR count). The zero-order valence-corrected chi connectivity index (χ0v) is 39.5. The van der Waals surface area contributed by atoms with Crippen LogP contribution in [0.3, 0.4) is 0 Å². The summed E-state index contributed by atoms with van der Waals surface area (Å²) >= 11 is 0. The summed E-state index contributed by atoms with van der Waals surface area (Å²) < 4.78 is 29.4. The van der Waals surface area contributed by atoms with Crippen molar-refractivity contribution in [3.63, 3.8) is 0 Å². The molecule has 0 bridgehead atoms. The first-order chi connectivity index (χ1) is 33.0. The summed E-state index contributed by atoms with van der Waals surface area (Å²) in [5, 5.41) is 35.2. The van der Waals surface area contributed by atoms with Gasteiger partial charge >= 0.3 is 12.1 Å². The van der Waals surface area contributed by atoms with Gasteiger partial charge in [-0.1, -0.05) is 50.2 Å². The van der Waals surface area contributed by atoms with Crippen LogP contribution >= 0.6 is 0 Å². The van der Waals surface area contributed by atoms with Gasteiger partial charge in [0.2, 0.25) is 0 Å². The largest absolute Gasteiger partial charge is 0.338 e. The predicted octanol–water partition coefficient (Wildman–Crippen LogP) is 8.37. The number of piperidine rings is 2. The minimum Gasteiger partial charge on any atom is -0.338 e. The number of carbonyl (C=O) groups is 2. The van der Waals surface area contributed by atoms with Gasteiger partial charge in [-0.25, -0.2) is 27.7 Å². The van der Waals surface area contributed by atoms with E-state index < -0.39 is 0 Å². The molecule has 18 heteroatoms. The number of anilines is 2. The number of carbonyl (C=O) groups excluding carboxylic acids is 2. The standard InChI is InChI=1S/C26H34FN7O.C24H30FN7O.4H2/c1-4-19-13-21(25-30-31-32-33(25)3)15-24(14-19)29-26(35)28-16-22-17-34(11-9-18(22)2)12-10-20-5-7-23(27)8-6-20;1-31-23(28-29-30-31)20-7-2-8-22(15-20)27-24(33)26-16-19-6-4-14-32(17-19)13-3-5-18-9-11-21(25)12-10-18;;;;/h5-8,13-15,18,22H,4,9-12,16-17H2,1-3H3,(H2,28,29,35);2,7-12,15,19H,3-6,13-14,16-17H2,1H3,(H2,26,27,33);4*1H/t18-,22-;19-;;;;/m01..../s1. The Balaban J connectivity index is 0.000000361. The minimum absolute atomic E-state index is 0. The van der Waals surface area contributed by atoms with E-state index in [9.17, 15) is 18.4 Å². The first kappa shape index (κ1) is 49.3. The smallest absolute Gasteiger partial charge is 0.319 e. The number of benzene rings is 4. The number of hydrogen-bond donors (Lipinski definition) is 4. The van der Waals surface area contributed by atoms with Crippen molar-refractivity contribution in [2.75, 3.05) is 63.0 Å². The summed E-state index contributed by atoms with van der Waals surface area (Å²) in [5.74, 6) is 2.26. The fourth-order valence-corrected chi connectivity index (χ4v) is 8.90. The summed E-state index contributed by atoms with van der Waals surface area (Å²) in [6.45, 7) is 11.6. The molecule has 2 aliphatic rings. The molecule has 4 N–H and O–H groups in total. The number of nitrogens with one attached hydrogen (secondary N) is 4. The van der Waals surface area contributed by atoms with Gasteiger partial charge in [0.1, 0.15) is 11.6 Å². The Morgan fingerprint density at radius 1 is 0.676 bits per heavy atom. The van der Waals surface area contributed by atoms with Crippen LogP contribution in [0.2, 0.25) is 0 Å². The molecule has 0 spiro atoms. The fourth-order valence-electron chi connectivity index (χ4n) is 8.90. The normalized spacial score (nSPS) is 17.5. The highest BCUT2D eigenvalue weighted by Gasteiger charge is 2.27. The molecule has 2 aliphatic heterocycles. The predicted molar refractivity (Wildman–Crippen MR) is 268 cm³/mol. The molecular formula is C50H72F2N14O2. The minimum atomic E-state index is -0.212. The van der Waals surface area contributed by atoms with E-state index in [0.717, 1.165) is 112 Å². The van der Waals surface area contributed by atoms with Gasteiger partial charge in [0.15, 0.2) is 11.6 Å². The van der Waals surface area contributed by atoms with E-state index in [0.29, 0.717) is 48.2 Å². The van der Waals surface area contributed by atoms with Crippen molar-refractivity contribution in [2.45, 2.75) is 58.8 Å².